The number of likely N-dealkylation sites (N-methyl/N-ethyl adjacent to an activating group) is 1. The minimum atomic E-state index is 0.545. The minimum Gasteiger partial charge on any atom is -0.355 e. The van der Waals surface area contributed by atoms with Gasteiger partial charge in [0.25, 0.3) is 0 Å². The number of aromatic nitrogens is 1. The van der Waals surface area contributed by atoms with Crippen LogP contribution in [0.2, 0.25) is 0 Å². The molecule has 0 spiro atoms. The van der Waals surface area contributed by atoms with Crippen molar-refractivity contribution in [1.82, 2.24) is 10.3 Å². The van der Waals surface area contributed by atoms with Crippen LogP contribution in [0.1, 0.15) is 26.3 Å². The normalized spacial score (nSPS) is 10.8. The first-order chi connectivity index (χ1) is 7.65. The number of hydrogen-bond donors (Lipinski definition) is 1. The lowest BCUT2D eigenvalue weighted by molar-refractivity contribution is 0.582. The number of anilines is 1. The van der Waals surface area contributed by atoms with Crippen LogP contribution in [0.15, 0.2) is 18.3 Å². The zero-order chi connectivity index (χ0) is 12.0. The molecule has 1 heterocycles. The molecule has 0 bridgehead atoms. The predicted molar refractivity (Wildman–Crippen MR) is 70.0 cm³/mol. The van der Waals surface area contributed by atoms with E-state index in [0.717, 1.165) is 25.5 Å². The maximum absolute atomic E-state index is 4.45. The molecular weight excluding hydrogens is 198 g/mol. The highest BCUT2D eigenvalue weighted by atomic mass is 15.2. The number of nitrogens with zero attached hydrogens (tertiary/aromatic N) is 2. The second kappa shape index (κ2) is 6.48. The summed E-state index contributed by atoms with van der Waals surface area (Å²) in [5.74, 6) is 1.11. The number of rotatable bonds is 6. The van der Waals surface area contributed by atoms with Crippen LogP contribution >= 0.6 is 0 Å². The van der Waals surface area contributed by atoms with Crippen LogP contribution in [0.4, 0.5) is 5.82 Å². The Bertz CT molecular complexity index is 310. The molecule has 1 aromatic rings. The van der Waals surface area contributed by atoms with Gasteiger partial charge in [0.2, 0.25) is 0 Å². The van der Waals surface area contributed by atoms with Gasteiger partial charge in [0, 0.05) is 31.9 Å². The predicted octanol–water partition coefficient (Wildman–Crippen LogP) is 2.21. The molecule has 1 aromatic heterocycles. The average Bonchev–Trinajstić information content (AvgIpc) is 2.25. The smallest absolute Gasteiger partial charge is 0.131 e. The fraction of sp³-hybridized carbons (Fsp3) is 0.615. The van der Waals surface area contributed by atoms with E-state index < -0.39 is 0 Å². The van der Waals surface area contributed by atoms with Crippen LogP contribution in [0.3, 0.4) is 0 Å². The molecule has 0 atom stereocenters. The van der Waals surface area contributed by atoms with Crippen LogP contribution in [0.5, 0.6) is 0 Å². The summed E-state index contributed by atoms with van der Waals surface area (Å²) in [4.78, 5) is 6.76. The molecule has 0 fully saturated rings. The van der Waals surface area contributed by atoms with E-state index >= 15 is 0 Å². The first-order valence-electron chi connectivity index (χ1n) is 6.05. The molecule has 0 aliphatic heterocycles. The first-order valence-corrected chi connectivity index (χ1v) is 6.05. The zero-order valence-corrected chi connectivity index (χ0v) is 10.8. The fourth-order valence-electron chi connectivity index (χ4n) is 1.71. The highest BCUT2D eigenvalue weighted by Gasteiger charge is 2.07. The molecule has 0 amide bonds. The molecule has 0 aliphatic rings. The Balaban J connectivity index is 2.57. The summed E-state index contributed by atoms with van der Waals surface area (Å²) < 4.78 is 0. The number of nitrogens with one attached hydrogen (secondary N) is 1. The lowest BCUT2D eigenvalue weighted by Gasteiger charge is -2.24. The summed E-state index contributed by atoms with van der Waals surface area (Å²) in [6, 6.07) is 4.64. The van der Waals surface area contributed by atoms with Crippen molar-refractivity contribution in [2.75, 3.05) is 24.5 Å². The van der Waals surface area contributed by atoms with E-state index in [4.69, 9.17) is 0 Å². The second-order valence-electron chi connectivity index (χ2n) is 4.33. The first kappa shape index (κ1) is 13.0. The van der Waals surface area contributed by atoms with E-state index in [1.807, 2.05) is 12.3 Å². The molecule has 0 saturated carbocycles. The summed E-state index contributed by atoms with van der Waals surface area (Å²) in [5, 5.41) is 3.43. The largest absolute Gasteiger partial charge is 0.355 e. The molecule has 90 valence electrons. The zero-order valence-electron chi connectivity index (χ0n) is 10.8. The lowest BCUT2D eigenvalue weighted by atomic mass is 10.2. The standard InChI is InChI=1S/C13H23N3/c1-5-16(10-9-14-11(2)3)13-12(4)7-6-8-15-13/h6-8,11,14H,5,9-10H2,1-4H3. The minimum absolute atomic E-state index is 0.545. The Labute approximate surface area is 98.9 Å². The van der Waals surface area contributed by atoms with E-state index in [-0.39, 0.29) is 0 Å². The second-order valence-corrected chi connectivity index (χ2v) is 4.33. The molecule has 3 heteroatoms. The molecule has 0 unspecified atom stereocenters. The van der Waals surface area contributed by atoms with Gasteiger partial charge in [-0.3, -0.25) is 0 Å². The highest BCUT2D eigenvalue weighted by Crippen LogP contribution is 2.14. The van der Waals surface area contributed by atoms with E-state index in [2.05, 4.69) is 49.0 Å². The number of hydrogen-bond acceptors (Lipinski definition) is 3. The van der Waals surface area contributed by atoms with Gasteiger partial charge in [-0.25, -0.2) is 4.98 Å². The van der Waals surface area contributed by atoms with Crippen molar-refractivity contribution in [2.24, 2.45) is 0 Å². The van der Waals surface area contributed by atoms with Gasteiger partial charge < -0.3 is 10.2 Å². The molecular formula is C13H23N3. The van der Waals surface area contributed by atoms with Gasteiger partial charge in [0.15, 0.2) is 0 Å². The van der Waals surface area contributed by atoms with Crippen molar-refractivity contribution >= 4 is 5.82 Å². The van der Waals surface area contributed by atoms with Gasteiger partial charge >= 0.3 is 0 Å². The van der Waals surface area contributed by atoms with E-state index in [0.29, 0.717) is 6.04 Å². The molecule has 1 rings (SSSR count). The van der Waals surface area contributed by atoms with E-state index in [1.54, 1.807) is 0 Å². The third-order valence-electron chi connectivity index (χ3n) is 2.60. The Morgan fingerprint density at radius 1 is 1.44 bits per heavy atom. The summed E-state index contributed by atoms with van der Waals surface area (Å²) in [6.45, 7) is 11.6. The van der Waals surface area contributed by atoms with Crippen molar-refractivity contribution in [3.05, 3.63) is 23.9 Å². The van der Waals surface area contributed by atoms with Gasteiger partial charge in [-0.05, 0) is 25.5 Å². The van der Waals surface area contributed by atoms with Gasteiger partial charge in [0.05, 0.1) is 0 Å². The molecule has 0 radical (unpaired) electrons. The average molecular weight is 221 g/mol. The van der Waals surface area contributed by atoms with Crippen molar-refractivity contribution in [1.29, 1.82) is 0 Å². The van der Waals surface area contributed by atoms with Gasteiger partial charge in [0.1, 0.15) is 5.82 Å². The van der Waals surface area contributed by atoms with Crippen molar-refractivity contribution in [2.45, 2.75) is 33.7 Å². The Hall–Kier alpha value is -1.09. The molecule has 0 saturated heterocycles. The van der Waals surface area contributed by atoms with Crippen molar-refractivity contribution < 1.29 is 0 Å². The van der Waals surface area contributed by atoms with Crippen molar-refractivity contribution in [3.63, 3.8) is 0 Å². The molecule has 0 aromatic carbocycles. The van der Waals surface area contributed by atoms with Crippen LogP contribution in [0, 0.1) is 6.92 Å². The lowest BCUT2D eigenvalue weighted by Crippen LogP contribution is -2.35. The SMILES string of the molecule is CCN(CCNC(C)C)c1ncccc1C. The Kier molecular flexibility index (Phi) is 5.26. The summed E-state index contributed by atoms with van der Waals surface area (Å²) >= 11 is 0. The third-order valence-corrected chi connectivity index (χ3v) is 2.60. The van der Waals surface area contributed by atoms with Gasteiger partial charge in [-0.1, -0.05) is 19.9 Å². The number of aryl methyl sites for hydroxylation is 1. The van der Waals surface area contributed by atoms with Gasteiger partial charge in [-0.2, -0.15) is 0 Å². The van der Waals surface area contributed by atoms with Crippen LogP contribution in [0.25, 0.3) is 0 Å². The van der Waals surface area contributed by atoms with Crippen molar-refractivity contribution in [3.8, 4) is 0 Å². The fourth-order valence-corrected chi connectivity index (χ4v) is 1.71. The summed E-state index contributed by atoms with van der Waals surface area (Å²) in [7, 11) is 0. The quantitative estimate of drug-likeness (QED) is 0.798. The van der Waals surface area contributed by atoms with Crippen LogP contribution in [-0.4, -0.2) is 30.7 Å². The Morgan fingerprint density at radius 2 is 2.19 bits per heavy atom. The number of pyridine rings is 1. The monoisotopic (exact) mass is 221 g/mol. The molecule has 0 aliphatic carbocycles. The Morgan fingerprint density at radius 3 is 2.75 bits per heavy atom. The highest BCUT2D eigenvalue weighted by molar-refractivity contribution is 5.45. The maximum atomic E-state index is 4.45. The topological polar surface area (TPSA) is 28.2 Å². The van der Waals surface area contributed by atoms with Crippen LogP contribution in [-0.2, 0) is 0 Å². The molecule has 1 N–H and O–H groups in total. The maximum Gasteiger partial charge on any atom is 0.131 e. The van der Waals surface area contributed by atoms with E-state index in [9.17, 15) is 0 Å². The molecule has 3 nitrogen and oxygen atoms in total. The van der Waals surface area contributed by atoms with E-state index in [1.165, 1.54) is 5.56 Å². The van der Waals surface area contributed by atoms with Crippen LogP contribution < -0.4 is 10.2 Å². The summed E-state index contributed by atoms with van der Waals surface area (Å²) in [5.41, 5.74) is 1.24. The third kappa shape index (κ3) is 3.81. The molecule has 16 heavy (non-hydrogen) atoms. The van der Waals surface area contributed by atoms with Gasteiger partial charge in [-0.15, -0.1) is 0 Å². The summed E-state index contributed by atoms with van der Waals surface area (Å²) in [6.07, 6.45) is 1.86.